The summed E-state index contributed by atoms with van der Waals surface area (Å²) in [5, 5.41) is 22.8. The third-order valence-corrected chi connectivity index (χ3v) is 4.76. The van der Waals surface area contributed by atoms with Crippen LogP contribution in [0.4, 0.5) is 16.2 Å². The van der Waals surface area contributed by atoms with Gasteiger partial charge >= 0.3 is 11.8 Å². The molecule has 0 saturated heterocycles. The summed E-state index contributed by atoms with van der Waals surface area (Å²) in [7, 11) is 0. The van der Waals surface area contributed by atoms with Gasteiger partial charge in [0.15, 0.2) is 5.75 Å². The number of anilines is 1. The first-order valence-electron chi connectivity index (χ1n) is 8.64. The van der Waals surface area contributed by atoms with Crippen molar-refractivity contribution < 1.29 is 19.6 Å². The van der Waals surface area contributed by atoms with Crippen LogP contribution in [0.5, 0.6) is 5.75 Å². The maximum atomic E-state index is 12.2. The second kappa shape index (κ2) is 7.03. The molecule has 0 aromatic heterocycles. The summed E-state index contributed by atoms with van der Waals surface area (Å²) in [4.78, 5) is 22.4. The minimum Gasteiger partial charge on any atom is -0.502 e. The van der Waals surface area contributed by atoms with Gasteiger partial charge in [0.25, 0.3) is 0 Å². The number of nitro benzene ring substituents is 1. The molecule has 1 aliphatic rings. The Morgan fingerprint density at radius 2 is 1.64 bits per heavy atom. The van der Waals surface area contributed by atoms with E-state index in [1.807, 2.05) is 48.5 Å². The van der Waals surface area contributed by atoms with Gasteiger partial charge < -0.3 is 9.84 Å². The lowest BCUT2D eigenvalue weighted by Gasteiger charge is -2.14. The number of hydrogen-bond donors (Lipinski definition) is 2. The molecule has 140 valence electrons. The first-order chi connectivity index (χ1) is 13.5. The van der Waals surface area contributed by atoms with Gasteiger partial charge in [0.05, 0.1) is 10.6 Å². The molecule has 0 unspecified atom stereocenters. The lowest BCUT2D eigenvalue weighted by atomic mass is 9.98. The number of carbonyl (C=O) groups is 1. The third-order valence-electron chi connectivity index (χ3n) is 4.76. The minimum absolute atomic E-state index is 0.0766. The van der Waals surface area contributed by atoms with Gasteiger partial charge in [-0.05, 0) is 34.4 Å². The van der Waals surface area contributed by atoms with Gasteiger partial charge in [0, 0.05) is 12.0 Å². The van der Waals surface area contributed by atoms with Gasteiger partial charge in [-0.2, -0.15) is 0 Å². The Morgan fingerprint density at radius 3 is 2.25 bits per heavy atom. The zero-order chi connectivity index (χ0) is 19.7. The number of nitrogens with zero attached hydrogens (tertiary/aromatic N) is 1. The molecule has 2 N–H and O–H groups in total. The number of phenols is 1. The Morgan fingerprint density at radius 1 is 1.04 bits per heavy atom. The standard InChI is InChI=1S/C21H16N2O5/c24-20-10-9-13(11-19(20)23(26)27)22-21(25)28-12-18-16-7-3-1-5-14(16)15-6-2-4-8-17(15)18/h1-11,18,24H,12H2,(H,22,25). The minimum atomic E-state index is -0.724. The number of nitrogens with one attached hydrogen (secondary N) is 1. The van der Waals surface area contributed by atoms with Crippen LogP contribution in [0.15, 0.2) is 66.7 Å². The molecule has 4 rings (SSSR count). The maximum Gasteiger partial charge on any atom is 0.411 e. The van der Waals surface area contributed by atoms with Gasteiger partial charge in [-0.15, -0.1) is 0 Å². The van der Waals surface area contributed by atoms with Crippen molar-refractivity contribution in [2.45, 2.75) is 5.92 Å². The number of aromatic hydroxyl groups is 1. The Kier molecular flexibility index (Phi) is 4.41. The summed E-state index contributed by atoms with van der Waals surface area (Å²) in [6, 6.07) is 19.6. The molecule has 0 saturated carbocycles. The zero-order valence-electron chi connectivity index (χ0n) is 14.7. The highest BCUT2D eigenvalue weighted by molar-refractivity contribution is 5.86. The van der Waals surface area contributed by atoms with Crippen molar-refractivity contribution in [3.8, 4) is 16.9 Å². The van der Waals surface area contributed by atoms with Crippen LogP contribution in [0.2, 0.25) is 0 Å². The van der Waals surface area contributed by atoms with E-state index in [4.69, 9.17) is 4.74 Å². The molecule has 1 aliphatic carbocycles. The predicted molar refractivity (Wildman–Crippen MR) is 103 cm³/mol. The largest absolute Gasteiger partial charge is 0.502 e. The lowest BCUT2D eigenvalue weighted by molar-refractivity contribution is -0.385. The molecular weight excluding hydrogens is 360 g/mol. The van der Waals surface area contributed by atoms with E-state index >= 15 is 0 Å². The summed E-state index contributed by atoms with van der Waals surface area (Å²) >= 11 is 0. The molecule has 0 bridgehead atoms. The highest BCUT2D eigenvalue weighted by atomic mass is 16.6. The molecule has 0 fully saturated rings. The first-order valence-corrected chi connectivity index (χ1v) is 8.64. The fraction of sp³-hybridized carbons (Fsp3) is 0.0952. The van der Waals surface area contributed by atoms with Crippen molar-refractivity contribution in [3.63, 3.8) is 0 Å². The van der Waals surface area contributed by atoms with Crippen molar-refractivity contribution in [2.75, 3.05) is 11.9 Å². The van der Waals surface area contributed by atoms with Gasteiger partial charge in [-0.1, -0.05) is 48.5 Å². The first kappa shape index (κ1) is 17.5. The molecule has 0 aliphatic heterocycles. The van der Waals surface area contributed by atoms with Crippen LogP contribution in [-0.4, -0.2) is 22.7 Å². The summed E-state index contributed by atoms with van der Waals surface area (Å²) in [5.74, 6) is -0.546. The number of carbonyl (C=O) groups excluding carboxylic acids is 1. The molecule has 7 heteroatoms. The fourth-order valence-corrected chi connectivity index (χ4v) is 3.50. The summed E-state index contributed by atoms with van der Waals surface area (Å²) in [6.45, 7) is 0.139. The van der Waals surface area contributed by atoms with Gasteiger partial charge in [0.1, 0.15) is 6.61 Å². The second-order valence-corrected chi connectivity index (χ2v) is 6.41. The quantitative estimate of drug-likeness (QED) is 0.392. The van der Waals surface area contributed by atoms with E-state index in [1.165, 1.54) is 6.07 Å². The van der Waals surface area contributed by atoms with Crippen LogP contribution < -0.4 is 5.32 Å². The van der Waals surface area contributed by atoms with Gasteiger partial charge in [-0.25, -0.2) is 4.79 Å². The van der Waals surface area contributed by atoms with Crippen LogP contribution >= 0.6 is 0 Å². The summed E-state index contributed by atoms with van der Waals surface area (Å²) in [5.41, 5.74) is 4.12. The fourth-order valence-electron chi connectivity index (χ4n) is 3.50. The molecule has 0 spiro atoms. The van der Waals surface area contributed by atoms with E-state index in [1.54, 1.807) is 0 Å². The van der Waals surface area contributed by atoms with E-state index in [9.17, 15) is 20.0 Å². The van der Waals surface area contributed by atoms with Crippen LogP contribution in [-0.2, 0) is 4.74 Å². The topological polar surface area (TPSA) is 102 Å². The normalized spacial score (nSPS) is 12.1. The Bertz CT molecular complexity index is 1030. The summed E-state index contributed by atoms with van der Waals surface area (Å²) in [6.07, 6.45) is -0.721. The highest BCUT2D eigenvalue weighted by Gasteiger charge is 2.29. The smallest absolute Gasteiger partial charge is 0.411 e. The molecule has 0 radical (unpaired) electrons. The van der Waals surface area contributed by atoms with E-state index in [0.29, 0.717) is 0 Å². The number of rotatable bonds is 4. The number of ether oxygens (including phenoxy) is 1. The highest BCUT2D eigenvalue weighted by Crippen LogP contribution is 2.44. The number of benzene rings is 3. The van der Waals surface area contributed by atoms with Gasteiger partial charge in [-0.3, -0.25) is 15.4 Å². The van der Waals surface area contributed by atoms with Crippen molar-refractivity contribution in [2.24, 2.45) is 0 Å². The molecule has 3 aromatic carbocycles. The molecule has 0 atom stereocenters. The maximum absolute atomic E-state index is 12.2. The van der Waals surface area contributed by atoms with Crippen molar-refractivity contribution in [3.05, 3.63) is 88.0 Å². The van der Waals surface area contributed by atoms with Crippen molar-refractivity contribution >= 4 is 17.5 Å². The van der Waals surface area contributed by atoms with E-state index in [-0.39, 0.29) is 18.2 Å². The number of amides is 1. The third kappa shape index (κ3) is 3.14. The van der Waals surface area contributed by atoms with E-state index < -0.39 is 22.5 Å². The number of fused-ring (bicyclic) bond motifs is 3. The van der Waals surface area contributed by atoms with Crippen LogP contribution in [0.1, 0.15) is 17.0 Å². The Labute approximate surface area is 160 Å². The molecule has 7 nitrogen and oxygen atoms in total. The second-order valence-electron chi connectivity index (χ2n) is 6.41. The van der Waals surface area contributed by atoms with E-state index in [0.717, 1.165) is 34.4 Å². The van der Waals surface area contributed by atoms with Crippen molar-refractivity contribution in [1.29, 1.82) is 0 Å². The number of nitro groups is 1. The SMILES string of the molecule is O=C(Nc1ccc(O)c([N+](=O)[O-])c1)OCC1c2ccccc2-c2ccccc21. The predicted octanol–water partition coefficient (Wildman–Crippen LogP) is 4.66. The Balaban J connectivity index is 1.49. The van der Waals surface area contributed by atoms with Crippen LogP contribution in [0, 0.1) is 10.1 Å². The Hall–Kier alpha value is -3.87. The van der Waals surface area contributed by atoms with E-state index in [2.05, 4.69) is 5.32 Å². The molecular formula is C21H16N2O5. The number of hydrogen-bond acceptors (Lipinski definition) is 5. The number of phenolic OH excluding ortho intramolecular Hbond substituents is 1. The summed E-state index contributed by atoms with van der Waals surface area (Å²) < 4.78 is 5.39. The molecule has 28 heavy (non-hydrogen) atoms. The molecule has 1 amide bonds. The van der Waals surface area contributed by atoms with Crippen molar-refractivity contribution in [1.82, 2.24) is 0 Å². The average Bonchev–Trinajstić information content (AvgIpc) is 3.01. The van der Waals surface area contributed by atoms with Crippen LogP contribution in [0.25, 0.3) is 11.1 Å². The lowest BCUT2D eigenvalue weighted by Crippen LogP contribution is -2.17. The average molecular weight is 376 g/mol. The van der Waals surface area contributed by atoms with Crippen LogP contribution in [0.3, 0.4) is 0 Å². The molecule has 0 heterocycles. The van der Waals surface area contributed by atoms with Gasteiger partial charge in [0.2, 0.25) is 0 Å². The zero-order valence-corrected chi connectivity index (χ0v) is 14.7. The molecule has 3 aromatic rings. The monoisotopic (exact) mass is 376 g/mol.